The van der Waals surface area contributed by atoms with Crippen LogP contribution in [0.4, 0.5) is 0 Å². The Morgan fingerprint density at radius 3 is 2.31 bits per heavy atom. The van der Waals surface area contributed by atoms with Crippen molar-refractivity contribution in [1.82, 2.24) is 4.90 Å². The summed E-state index contributed by atoms with van der Waals surface area (Å²) in [4.78, 5) is 13.8. The fourth-order valence-electron chi connectivity index (χ4n) is 2.57. The standard InChI is InChI=1S/C21H15N3O2/c22-14-17-19(25)18(13-7-10-15-8-3-1-4-9-15)24(20(17)23)21(26)16-11-5-2-6-12-16/h1-13,23,25H/b10-7+,18-13-,23-20?. The summed E-state index contributed by atoms with van der Waals surface area (Å²) in [5.41, 5.74) is 1.19. The van der Waals surface area contributed by atoms with Crippen LogP contribution in [0.3, 0.4) is 0 Å². The number of aliphatic hydroxyl groups excluding tert-OH is 1. The van der Waals surface area contributed by atoms with Crippen molar-refractivity contribution >= 4 is 17.8 Å². The van der Waals surface area contributed by atoms with E-state index in [-0.39, 0.29) is 22.9 Å². The molecule has 0 saturated heterocycles. The first-order valence-corrected chi connectivity index (χ1v) is 7.89. The highest BCUT2D eigenvalue weighted by atomic mass is 16.3. The summed E-state index contributed by atoms with van der Waals surface area (Å²) in [5, 5.41) is 27.6. The number of benzene rings is 2. The molecule has 2 aromatic rings. The van der Waals surface area contributed by atoms with E-state index in [1.165, 1.54) is 6.08 Å². The smallest absolute Gasteiger partial charge is 0.264 e. The Hall–Kier alpha value is -3.91. The molecule has 0 fully saturated rings. The molecule has 0 unspecified atom stereocenters. The van der Waals surface area contributed by atoms with Crippen molar-refractivity contribution in [1.29, 1.82) is 10.7 Å². The van der Waals surface area contributed by atoms with E-state index in [2.05, 4.69) is 0 Å². The topological polar surface area (TPSA) is 88.2 Å². The summed E-state index contributed by atoms with van der Waals surface area (Å²) in [7, 11) is 0. The first kappa shape index (κ1) is 16.9. The molecule has 26 heavy (non-hydrogen) atoms. The van der Waals surface area contributed by atoms with Gasteiger partial charge < -0.3 is 5.11 Å². The predicted molar refractivity (Wildman–Crippen MR) is 99.2 cm³/mol. The van der Waals surface area contributed by atoms with Gasteiger partial charge in [0.2, 0.25) is 0 Å². The minimum absolute atomic E-state index is 0.104. The maximum absolute atomic E-state index is 12.8. The number of hydrogen-bond acceptors (Lipinski definition) is 4. The second kappa shape index (κ2) is 7.32. The van der Waals surface area contributed by atoms with E-state index in [0.717, 1.165) is 10.5 Å². The van der Waals surface area contributed by atoms with Gasteiger partial charge in [0.05, 0.1) is 5.70 Å². The molecule has 5 nitrogen and oxygen atoms in total. The zero-order chi connectivity index (χ0) is 18.5. The molecule has 0 aromatic heterocycles. The third-order valence-electron chi connectivity index (χ3n) is 3.86. The van der Waals surface area contributed by atoms with Gasteiger partial charge in [0, 0.05) is 5.56 Å². The monoisotopic (exact) mass is 341 g/mol. The molecule has 3 rings (SSSR count). The summed E-state index contributed by atoms with van der Waals surface area (Å²) in [6.07, 6.45) is 4.99. The quantitative estimate of drug-likeness (QED) is 0.882. The van der Waals surface area contributed by atoms with Crippen molar-refractivity contribution in [3.05, 3.63) is 101 Å². The highest BCUT2D eigenvalue weighted by Crippen LogP contribution is 2.29. The molecular formula is C21H15N3O2. The van der Waals surface area contributed by atoms with Gasteiger partial charge in [-0.2, -0.15) is 5.26 Å². The molecule has 1 heterocycles. The number of hydrogen-bond donors (Lipinski definition) is 2. The molecule has 5 heteroatoms. The van der Waals surface area contributed by atoms with Crippen LogP contribution < -0.4 is 0 Å². The average molecular weight is 341 g/mol. The van der Waals surface area contributed by atoms with Crippen LogP contribution in [0.25, 0.3) is 6.08 Å². The van der Waals surface area contributed by atoms with Gasteiger partial charge in [-0.15, -0.1) is 0 Å². The summed E-state index contributed by atoms with van der Waals surface area (Å²) in [5.74, 6) is -1.19. The molecule has 0 spiro atoms. The lowest BCUT2D eigenvalue weighted by Crippen LogP contribution is -2.32. The van der Waals surface area contributed by atoms with Gasteiger partial charge in [0.1, 0.15) is 11.6 Å². The first-order chi connectivity index (χ1) is 12.6. The van der Waals surface area contributed by atoms with Crippen LogP contribution in [0.15, 0.2) is 89.8 Å². The molecule has 1 aliphatic heterocycles. The molecule has 0 aliphatic carbocycles. The lowest BCUT2D eigenvalue weighted by molar-refractivity contribution is 0.0878. The number of amidine groups is 1. The maximum atomic E-state index is 12.8. The van der Waals surface area contributed by atoms with Crippen molar-refractivity contribution in [2.24, 2.45) is 0 Å². The minimum Gasteiger partial charge on any atom is -0.504 e. The molecule has 0 radical (unpaired) electrons. The summed E-state index contributed by atoms with van der Waals surface area (Å²) >= 11 is 0. The van der Waals surface area contributed by atoms with Gasteiger partial charge in [0.15, 0.2) is 11.6 Å². The number of allylic oxidation sites excluding steroid dienone is 2. The van der Waals surface area contributed by atoms with Crippen LogP contribution >= 0.6 is 0 Å². The molecule has 126 valence electrons. The maximum Gasteiger partial charge on any atom is 0.264 e. The number of carbonyl (C=O) groups excluding carboxylic acids is 1. The van der Waals surface area contributed by atoms with Crippen molar-refractivity contribution in [2.45, 2.75) is 0 Å². The SMILES string of the molecule is N#CC1=C(O)/C(=C/C=C/c2ccccc2)N(C(=O)c2ccccc2)C1=N. The fourth-order valence-corrected chi connectivity index (χ4v) is 2.57. The lowest BCUT2D eigenvalue weighted by atomic mass is 10.2. The zero-order valence-corrected chi connectivity index (χ0v) is 13.8. The number of carbonyl (C=O) groups is 1. The first-order valence-electron chi connectivity index (χ1n) is 7.89. The van der Waals surface area contributed by atoms with Crippen molar-refractivity contribution < 1.29 is 9.90 Å². The molecule has 2 N–H and O–H groups in total. The fraction of sp³-hybridized carbons (Fsp3) is 0. The van der Waals surface area contributed by atoms with Gasteiger partial charge in [-0.05, 0) is 23.8 Å². The number of rotatable bonds is 3. The van der Waals surface area contributed by atoms with Crippen LogP contribution in [-0.2, 0) is 0 Å². The van der Waals surface area contributed by atoms with E-state index in [0.29, 0.717) is 5.56 Å². The Bertz CT molecular complexity index is 981. The minimum atomic E-state index is -0.480. The van der Waals surface area contributed by atoms with Gasteiger partial charge in [-0.1, -0.05) is 60.7 Å². The van der Waals surface area contributed by atoms with Crippen molar-refractivity contribution in [2.75, 3.05) is 0 Å². The summed E-state index contributed by atoms with van der Waals surface area (Å²) in [6, 6.07) is 19.8. The van der Waals surface area contributed by atoms with E-state index >= 15 is 0 Å². The van der Waals surface area contributed by atoms with Gasteiger partial charge in [-0.25, -0.2) is 0 Å². The molecule has 0 atom stereocenters. The molecule has 1 aliphatic rings. The number of aliphatic hydroxyl groups is 1. The molecule has 2 aromatic carbocycles. The summed E-state index contributed by atoms with van der Waals surface area (Å²) < 4.78 is 0. The second-order valence-corrected chi connectivity index (χ2v) is 5.51. The van der Waals surface area contributed by atoms with Crippen LogP contribution in [0.5, 0.6) is 0 Å². The molecule has 1 amide bonds. The van der Waals surface area contributed by atoms with Crippen LogP contribution in [0.2, 0.25) is 0 Å². The number of amides is 1. The van der Waals surface area contributed by atoms with Crippen LogP contribution in [-0.4, -0.2) is 21.7 Å². The Morgan fingerprint density at radius 1 is 1.08 bits per heavy atom. The third-order valence-corrected chi connectivity index (χ3v) is 3.86. The Morgan fingerprint density at radius 2 is 1.69 bits per heavy atom. The Balaban J connectivity index is 1.98. The average Bonchev–Trinajstić information content (AvgIpc) is 2.92. The van der Waals surface area contributed by atoms with E-state index in [4.69, 9.17) is 5.41 Å². The predicted octanol–water partition coefficient (Wildman–Crippen LogP) is 4.05. The largest absolute Gasteiger partial charge is 0.504 e. The highest BCUT2D eigenvalue weighted by Gasteiger charge is 2.36. The van der Waals surface area contributed by atoms with E-state index in [1.807, 2.05) is 30.3 Å². The van der Waals surface area contributed by atoms with E-state index < -0.39 is 5.91 Å². The van der Waals surface area contributed by atoms with Crippen LogP contribution in [0.1, 0.15) is 15.9 Å². The van der Waals surface area contributed by atoms with Gasteiger partial charge in [0.25, 0.3) is 5.91 Å². The molecule has 0 saturated carbocycles. The Kier molecular flexibility index (Phi) is 4.77. The van der Waals surface area contributed by atoms with Crippen molar-refractivity contribution in [3.63, 3.8) is 0 Å². The normalized spacial score (nSPS) is 15.7. The van der Waals surface area contributed by atoms with Gasteiger partial charge in [-0.3, -0.25) is 15.1 Å². The van der Waals surface area contributed by atoms with Crippen LogP contribution in [0, 0.1) is 16.7 Å². The molecular weight excluding hydrogens is 326 g/mol. The number of nitrogens with one attached hydrogen (secondary N) is 1. The van der Waals surface area contributed by atoms with Gasteiger partial charge >= 0.3 is 0 Å². The molecule has 0 bridgehead atoms. The van der Waals surface area contributed by atoms with E-state index in [1.54, 1.807) is 48.6 Å². The van der Waals surface area contributed by atoms with E-state index in [9.17, 15) is 15.2 Å². The zero-order valence-electron chi connectivity index (χ0n) is 13.8. The summed E-state index contributed by atoms with van der Waals surface area (Å²) in [6.45, 7) is 0. The van der Waals surface area contributed by atoms with Crippen molar-refractivity contribution in [3.8, 4) is 6.07 Å². The highest BCUT2D eigenvalue weighted by molar-refractivity contribution is 6.17. The Labute approximate surface area is 150 Å². The third kappa shape index (κ3) is 3.17. The second-order valence-electron chi connectivity index (χ2n) is 5.51. The lowest BCUT2D eigenvalue weighted by Gasteiger charge is -2.18. The number of nitrogens with zero attached hydrogens (tertiary/aromatic N) is 2. The number of nitriles is 1.